The fourth-order valence-electron chi connectivity index (χ4n) is 2.87. The van der Waals surface area contributed by atoms with E-state index in [0.717, 1.165) is 13.0 Å². The molecule has 0 spiro atoms. The van der Waals surface area contributed by atoms with Gasteiger partial charge in [0.2, 0.25) is 5.91 Å². The fraction of sp³-hybridized carbons (Fsp3) is 0.0556. The van der Waals surface area contributed by atoms with Gasteiger partial charge in [0, 0.05) is 6.92 Å². The van der Waals surface area contributed by atoms with Crippen molar-refractivity contribution in [2.24, 2.45) is 10.2 Å². The van der Waals surface area contributed by atoms with Gasteiger partial charge in [-0.25, -0.2) is 0 Å². The first-order valence-electron chi connectivity index (χ1n) is 8.55. The predicted octanol–water partition coefficient (Wildman–Crippen LogP) is 3.12. The van der Waals surface area contributed by atoms with E-state index in [1.165, 1.54) is 12.1 Å². The zero-order valence-electron chi connectivity index (χ0n) is 16.1. The molecule has 0 saturated heterocycles. The van der Waals surface area contributed by atoms with Gasteiger partial charge in [0.15, 0.2) is 11.5 Å². The van der Waals surface area contributed by atoms with E-state index in [1.807, 2.05) is 0 Å². The van der Waals surface area contributed by atoms with Crippen LogP contribution in [0.1, 0.15) is 6.92 Å². The number of carbonyl (C=O) groups excluding carboxylic acids is 1. The van der Waals surface area contributed by atoms with Gasteiger partial charge in [0.1, 0.15) is 15.5 Å². The van der Waals surface area contributed by atoms with E-state index in [2.05, 4.69) is 15.5 Å². The maximum absolute atomic E-state index is 11.9. The molecule has 1 amide bonds. The summed E-state index contributed by atoms with van der Waals surface area (Å²) in [7, 11) is -10.1. The lowest BCUT2D eigenvalue weighted by atomic mass is 10.1. The highest BCUT2D eigenvalue weighted by Gasteiger charge is 2.28. The van der Waals surface area contributed by atoms with Gasteiger partial charge in [0.25, 0.3) is 20.2 Å². The minimum atomic E-state index is -5.04. The van der Waals surface area contributed by atoms with Crippen LogP contribution in [-0.2, 0) is 25.0 Å². The Kier molecular flexibility index (Phi) is 5.88. The first-order chi connectivity index (χ1) is 14.8. The molecule has 5 N–H and O–H groups in total. The number of phenolic OH excluding ortho intramolecular Hbond substituents is 2. The van der Waals surface area contributed by atoms with Crippen molar-refractivity contribution in [1.82, 2.24) is 0 Å². The zero-order chi connectivity index (χ0) is 23.8. The average Bonchev–Trinajstić information content (AvgIpc) is 2.67. The zero-order valence-corrected chi connectivity index (χ0v) is 17.7. The van der Waals surface area contributed by atoms with E-state index in [1.54, 1.807) is 18.2 Å². The number of benzene rings is 3. The van der Waals surface area contributed by atoms with Crippen LogP contribution in [0.4, 0.5) is 17.1 Å². The topological polar surface area (TPSA) is 203 Å². The molecular formula is C18H15N3O9S2. The van der Waals surface area contributed by atoms with Gasteiger partial charge < -0.3 is 15.5 Å². The Balaban J connectivity index is 2.48. The number of nitrogens with one attached hydrogen (secondary N) is 1. The number of hydrogen-bond donors (Lipinski definition) is 5. The van der Waals surface area contributed by atoms with Crippen LogP contribution in [0.3, 0.4) is 0 Å². The maximum atomic E-state index is 11.9. The Bertz CT molecular complexity index is 1480. The summed E-state index contributed by atoms with van der Waals surface area (Å²) in [5, 5.41) is 29.9. The Hall–Kier alpha value is -3.59. The molecule has 32 heavy (non-hydrogen) atoms. The molecule has 0 fully saturated rings. The van der Waals surface area contributed by atoms with Gasteiger partial charge in [-0.1, -0.05) is 18.2 Å². The molecule has 168 valence electrons. The van der Waals surface area contributed by atoms with E-state index >= 15 is 0 Å². The van der Waals surface area contributed by atoms with Crippen molar-refractivity contribution >= 4 is 54.0 Å². The molecule has 12 nitrogen and oxygen atoms in total. The molecule has 0 aliphatic rings. The first kappa shape index (κ1) is 23.1. The maximum Gasteiger partial charge on any atom is 0.298 e. The molecular weight excluding hydrogens is 466 g/mol. The minimum Gasteiger partial charge on any atom is -0.505 e. The van der Waals surface area contributed by atoms with Crippen molar-refractivity contribution in [2.75, 3.05) is 5.32 Å². The van der Waals surface area contributed by atoms with Gasteiger partial charge >= 0.3 is 0 Å². The highest BCUT2D eigenvalue weighted by atomic mass is 32.2. The quantitative estimate of drug-likeness (QED) is 0.206. The van der Waals surface area contributed by atoms with Gasteiger partial charge in [-0.3, -0.25) is 13.9 Å². The molecule has 3 aromatic rings. The summed E-state index contributed by atoms with van der Waals surface area (Å²) in [6.07, 6.45) is 0. The Morgan fingerprint density at radius 3 is 1.97 bits per heavy atom. The van der Waals surface area contributed by atoms with E-state index in [0.29, 0.717) is 6.07 Å². The van der Waals surface area contributed by atoms with E-state index in [4.69, 9.17) is 0 Å². The molecule has 0 atom stereocenters. The number of amides is 1. The second-order valence-corrected chi connectivity index (χ2v) is 9.22. The Morgan fingerprint density at radius 1 is 0.875 bits per heavy atom. The minimum absolute atomic E-state index is 0.264. The SMILES string of the molecule is CC(=O)Nc1c(O)c(S(=O)(=O)O)cc2cc(S(=O)(=O)O)c(/N=N/c3ccccc3)c(O)c12. The molecule has 14 heteroatoms. The van der Waals surface area contributed by atoms with Crippen LogP contribution < -0.4 is 5.32 Å². The first-order valence-corrected chi connectivity index (χ1v) is 11.4. The lowest BCUT2D eigenvalue weighted by Gasteiger charge is -2.16. The van der Waals surface area contributed by atoms with E-state index < -0.39 is 64.2 Å². The van der Waals surface area contributed by atoms with Crippen LogP contribution in [0.2, 0.25) is 0 Å². The van der Waals surface area contributed by atoms with Crippen molar-refractivity contribution < 1.29 is 40.9 Å². The lowest BCUT2D eigenvalue weighted by molar-refractivity contribution is -0.114. The number of rotatable bonds is 5. The van der Waals surface area contributed by atoms with Crippen molar-refractivity contribution in [3.63, 3.8) is 0 Å². The molecule has 0 aliphatic heterocycles. The third-order valence-electron chi connectivity index (χ3n) is 4.16. The Labute approximate surface area is 181 Å². The van der Waals surface area contributed by atoms with Crippen molar-refractivity contribution in [3.05, 3.63) is 42.5 Å². The van der Waals surface area contributed by atoms with Gasteiger partial charge in [-0.15, -0.1) is 5.11 Å². The fourth-order valence-corrected chi connectivity index (χ4v) is 4.15. The highest BCUT2D eigenvalue weighted by Crippen LogP contribution is 2.48. The summed E-state index contributed by atoms with van der Waals surface area (Å²) in [5.74, 6) is -2.85. The Morgan fingerprint density at radius 2 is 1.44 bits per heavy atom. The van der Waals surface area contributed by atoms with Crippen LogP contribution >= 0.6 is 0 Å². The summed E-state index contributed by atoms with van der Waals surface area (Å²) in [6, 6.07) is 9.33. The highest BCUT2D eigenvalue weighted by molar-refractivity contribution is 7.86. The van der Waals surface area contributed by atoms with Crippen molar-refractivity contribution in [2.45, 2.75) is 16.7 Å². The van der Waals surface area contributed by atoms with Crippen LogP contribution in [0, 0.1) is 0 Å². The summed E-state index contributed by atoms with van der Waals surface area (Å²) in [5.41, 5.74) is -1.12. The summed E-state index contributed by atoms with van der Waals surface area (Å²) in [6.45, 7) is 1.02. The number of aromatic hydroxyl groups is 2. The molecule has 3 rings (SSSR count). The number of anilines is 1. The number of phenols is 2. The average molecular weight is 481 g/mol. The summed E-state index contributed by atoms with van der Waals surface area (Å²) >= 11 is 0. The number of hydrogen-bond acceptors (Lipinski definition) is 9. The standard InChI is InChI=1S/C18H15N3O9S2/c1-9(22)19-16-14-10(8-13(17(16)23)32(28,29)30)7-12(31(25,26)27)15(18(14)24)21-20-11-5-3-2-4-6-11/h2-8,23-24H,1H3,(H,19,22)(H,25,26,27)(H,28,29,30)/b21-20+. The second-order valence-electron chi connectivity index (χ2n) is 6.44. The monoisotopic (exact) mass is 481 g/mol. The van der Waals surface area contributed by atoms with Crippen LogP contribution in [0.5, 0.6) is 11.5 Å². The molecule has 0 heterocycles. The van der Waals surface area contributed by atoms with Crippen LogP contribution in [0.25, 0.3) is 10.8 Å². The third kappa shape index (κ3) is 4.52. The largest absolute Gasteiger partial charge is 0.505 e. The lowest BCUT2D eigenvalue weighted by Crippen LogP contribution is -2.09. The molecule has 0 aliphatic carbocycles. The molecule has 0 saturated carbocycles. The van der Waals surface area contributed by atoms with Crippen LogP contribution in [0.15, 0.2) is 62.5 Å². The van der Waals surface area contributed by atoms with Gasteiger partial charge in [-0.05, 0) is 29.7 Å². The predicted molar refractivity (Wildman–Crippen MR) is 112 cm³/mol. The number of fused-ring (bicyclic) bond motifs is 1. The molecule has 0 unspecified atom stereocenters. The summed E-state index contributed by atoms with van der Waals surface area (Å²) in [4.78, 5) is 9.59. The molecule has 3 aromatic carbocycles. The normalized spacial score (nSPS) is 12.3. The van der Waals surface area contributed by atoms with Crippen molar-refractivity contribution in [3.8, 4) is 11.5 Å². The number of nitrogens with zero attached hydrogens (tertiary/aromatic N) is 2. The van der Waals surface area contributed by atoms with Crippen LogP contribution in [-0.4, -0.2) is 42.1 Å². The molecule has 0 bridgehead atoms. The summed E-state index contributed by atoms with van der Waals surface area (Å²) < 4.78 is 66.2. The van der Waals surface area contributed by atoms with Gasteiger partial charge in [-0.2, -0.15) is 21.9 Å². The smallest absolute Gasteiger partial charge is 0.298 e. The third-order valence-corrected chi connectivity index (χ3v) is 5.89. The molecule has 0 radical (unpaired) electrons. The number of carbonyl (C=O) groups is 1. The molecule has 0 aromatic heterocycles. The number of azo groups is 1. The second kappa shape index (κ2) is 8.16. The van der Waals surface area contributed by atoms with E-state index in [9.17, 15) is 40.9 Å². The van der Waals surface area contributed by atoms with Gasteiger partial charge in [0.05, 0.1) is 16.8 Å². The van der Waals surface area contributed by atoms with E-state index in [-0.39, 0.29) is 11.1 Å². The van der Waals surface area contributed by atoms with Crippen molar-refractivity contribution in [1.29, 1.82) is 0 Å².